The Hall–Kier alpha value is -0.410. The summed E-state index contributed by atoms with van der Waals surface area (Å²) in [6, 6.07) is 0. The zero-order valence-electron chi connectivity index (χ0n) is 9.29. The summed E-state index contributed by atoms with van der Waals surface area (Å²) >= 11 is 0. The van der Waals surface area contributed by atoms with Gasteiger partial charge in [0.2, 0.25) is 0 Å². The fourth-order valence-corrected chi connectivity index (χ4v) is 1.66. The normalized spacial score (nSPS) is 18.8. The molecule has 0 radical (unpaired) electrons. The summed E-state index contributed by atoms with van der Waals surface area (Å²) in [5.41, 5.74) is 0. The van der Waals surface area contributed by atoms with Gasteiger partial charge in [-0.15, -0.1) is 0 Å². The molecule has 0 atom stereocenters. The standard InChI is InChI=1S/C11H21NO2/c1-10(2)9-11(13)3-4-12-5-7-14-8-6-12/h10H,3-9H2,1-2H3. The minimum atomic E-state index is 0.395. The van der Waals surface area contributed by atoms with E-state index >= 15 is 0 Å². The molecule has 1 heterocycles. The molecule has 0 aromatic carbocycles. The lowest BCUT2D eigenvalue weighted by Gasteiger charge is -2.26. The van der Waals surface area contributed by atoms with Crippen LogP contribution in [0.5, 0.6) is 0 Å². The highest BCUT2D eigenvalue weighted by atomic mass is 16.5. The monoisotopic (exact) mass is 199 g/mol. The van der Waals surface area contributed by atoms with Crippen LogP contribution in [-0.4, -0.2) is 43.5 Å². The third-order valence-corrected chi connectivity index (χ3v) is 2.45. The fraction of sp³-hybridized carbons (Fsp3) is 0.909. The molecule has 14 heavy (non-hydrogen) atoms. The van der Waals surface area contributed by atoms with E-state index in [2.05, 4.69) is 18.7 Å². The predicted molar refractivity (Wildman–Crippen MR) is 56.3 cm³/mol. The Morgan fingerprint density at radius 1 is 1.36 bits per heavy atom. The average molecular weight is 199 g/mol. The number of carbonyl (C=O) groups is 1. The molecule has 0 aromatic rings. The van der Waals surface area contributed by atoms with Crippen molar-refractivity contribution in [3.05, 3.63) is 0 Å². The van der Waals surface area contributed by atoms with Crippen molar-refractivity contribution in [2.45, 2.75) is 26.7 Å². The van der Waals surface area contributed by atoms with Crippen molar-refractivity contribution in [2.24, 2.45) is 5.92 Å². The number of rotatable bonds is 5. The van der Waals surface area contributed by atoms with E-state index in [0.717, 1.165) is 39.3 Å². The lowest BCUT2D eigenvalue weighted by atomic mass is 10.1. The molecule has 0 spiro atoms. The van der Waals surface area contributed by atoms with Crippen LogP contribution in [-0.2, 0) is 9.53 Å². The van der Waals surface area contributed by atoms with Crippen LogP contribution in [0.3, 0.4) is 0 Å². The Morgan fingerprint density at radius 3 is 2.57 bits per heavy atom. The van der Waals surface area contributed by atoms with E-state index in [1.807, 2.05) is 0 Å². The first-order chi connectivity index (χ1) is 6.68. The van der Waals surface area contributed by atoms with Gasteiger partial charge < -0.3 is 4.74 Å². The number of Topliss-reactive ketones (excluding diaryl/α,β-unsaturated/α-hetero) is 1. The van der Waals surface area contributed by atoms with Crippen molar-refractivity contribution in [1.82, 2.24) is 4.90 Å². The lowest BCUT2D eigenvalue weighted by molar-refractivity contribution is -0.120. The minimum absolute atomic E-state index is 0.395. The van der Waals surface area contributed by atoms with Gasteiger partial charge in [-0.05, 0) is 5.92 Å². The van der Waals surface area contributed by atoms with Crippen LogP contribution in [0.25, 0.3) is 0 Å². The number of hydrogen-bond acceptors (Lipinski definition) is 3. The Kier molecular flexibility index (Phi) is 5.12. The maximum atomic E-state index is 11.4. The summed E-state index contributed by atoms with van der Waals surface area (Å²) < 4.78 is 5.24. The second-order valence-corrected chi connectivity index (χ2v) is 4.34. The fourth-order valence-electron chi connectivity index (χ4n) is 1.66. The summed E-state index contributed by atoms with van der Waals surface area (Å²) in [6.45, 7) is 8.69. The van der Waals surface area contributed by atoms with Crippen LogP contribution in [0, 0.1) is 5.92 Å². The molecule has 1 fully saturated rings. The van der Waals surface area contributed by atoms with E-state index in [4.69, 9.17) is 4.74 Å². The smallest absolute Gasteiger partial charge is 0.134 e. The van der Waals surface area contributed by atoms with Crippen molar-refractivity contribution in [2.75, 3.05) is 32.8 Å². The van der Waals surface area contributed by atoms with E-state index < -0.39 is 0 Å². The van der Waals surface area contributed by atoms with Crippen molar-refractivity contribution >= 4 is 5.78 Å². The van der Waals surface area contributed by atoms with E-state index in [0.29, 0.717) is 18.1 Å². The number of morpholine rings is 1. The molecule has 0 aliphatic carbocycles. The Labute approximate surface area is 86.4 Å². The summed E-state index contributed by atoms with van der Waals surface area (Å²) in [5, 5.41) is 0. The van der Waals surface area contributed by atoms with Crippen LogP contribution in [0.2, 0.25) is 0 Å². The lowest BCUT2D eigenvalue weighted by Crippen LogP contribution is -2.37. The number of hydrogen-bond donors (Lipinski definition) is 0. The van der Waals surface area contributed by atoms with Crippen molar-refractivity contribution in [3.63, 3.8) is 0 Å². The molecular formula is C11H21NO2. The molecule has 1 aliphatic rings. The van der Waals surface area contributed by atoms with E-state index in [1.54, 1.807) is 0 Å². The molecule has 1 rings (SSSR count). The Balaban J connectivity index is 2.09. The minimum Gasteiger partial charge on any atom is -0.379 e. The van der Waals surface area contributed by atoms with Gasteiger partial charge in [-0.2, -0.15) is 0 Å². The van der Waals surface area contributed by atoms with Gasteiger partial charge >= 0.3 is 0 Å². The number of ether oxygens (including phenoxy) is 1. The van der Waals surface area contributed by atoms with Crippen molar-refractivity contribution in [1.29, 1.82) is 0 Å². The molecule has 0 bridgehead atoms. The first-order valence-electron chi connectivity index (χ1n) is 5.50. The van der Waals surface area contributed by atoms with Crippen LogP contribution >= 0.6 is 0 Å². The molecular weight excluding hydrogens is 178 g/mol. The van der Waals surface area contributed by atoms with E-state index in [9.17, 15) is 4.79 Å². The van der Waals surface area contributed by atoms with Gasteiger partial charge in [-0.25, -0.2) is 0 Å². The zero-order valence-corrected chi connectivity index (χ0v) is 9.29. The molecule has 82 valence electrons. The molecule has 1 saturated heterocycles. The van der Waals surface area contributed by atoms with Crippen LogP contribution < -0.4 is 0 Å². The molecule has 0 unspecified atom stereocenters. The largest absolute Gasteiger partial charge is 0.379 e. The number of carbonyl (C=O) groups excluding carboxylic acids is 1. The van der Waals surface area contributed by atoms with Gasteiger partial charge in [0, 0.05) is 32.5 Å². The summed E-state index contributed by atoms with van der Waals surface area (Å²) in [7, 11) is 0. The van der Waals surface area contributed by atoms with Crippen molar-refractivity contribution < 1.29 is 9.53 Å². The molecule has 0 aromatic heterocycles. The van der Waals surface area contributed by atoms with Crippen LogP contribution in [0.1, 0.15) is 26.7 Å². The second kappa shape index (κ2) is 6.14. The first kappa shape index (κ1) is 11.7. The average Bonchev–Trinajstić information content (AvgIpc) is 2.15. The maximum Gasteiger partial charge on any atom is 0.134 e. The van der Waals surface area contributed by atoms with Gasteiger partial charge in [0.05, 0.1) is 13.2 Å². The van der Waals surface area contributed by atoms with E-state index in [-0.39, 0.29) is 0 Å². The first-order valence-corrected chi connectivity index (χ1v) is 5.50. The highest BCUT2D eigenvalue weighted by Crippen LogP contribution is 2.04. The van der Waals surface area contributed by atoms with Crippen LogP contribution in [0.15, 0.2) is 0 Å². The number of nitrogens with zero attached hydrogens (tertiary/aromatic N) is 1. The molecule has 0 saturated carbocycles. The highest BCUT2D eigenvalue weighted by molar-refractivity contribution is 5.78. The van der Waals surface area contributed by atoms with Gasteiger partial charge in [-0.3, -0.25) is 9.69 Å². The molecule has 0 amide bonds. The molecule has 0 N–H and O–H groups in total. The highest BCUT2D eigenvalue weighted by Gasteiger charge is 2.12. The SMILES string of the molecule is CC(C)CC(=O)CCN1CCOCC1. The third kappa shape index (κ3) is 4.72. The zero-order chi connectivity index (χ0) is 10.4. The predicted octanol–water partition coefficient (Wildman–Crippen LogP) is 1.32. The van der Waals surface area contributed by atoms with Crippen LogP contribution in [0.4, 0.5) is 0 Å². The van der Waals surface area contributed by atoms with Crippen molar-refractivity contribution in [3.8, 4) is 0 Å². The molecule has 3 nitrogen and oxygen atoms in total. The van der Waals surface area contributed by atoms with E-state index in [1.165, 1.54) is 0 Å². The molecule has 1 aliphatic heterocycles. The van der Waals surface area contributed by atoms with Gasteiger partial charge in [0.1, 0.15) is 5.78 Å². The topological polar surface area (TPSA) is 29.5 Å². The summed E-state index contributed by atoms with van der Waals surface area (Å²) in [6.07, 6.45) is 1.43. The second-order valence-electron chi connectivity index (χ2n) is 4.34. The van der Waals surface area contributed by atoms with Gasteiger partial charge in [0.15, 0.2) is 0 Å². The summed E-state index contributed by atoms with van der Waals surface area (Å²) in [5.74, 6) is 0.888. The van der Waals surface area contributed by atoms with Gasteiger partial charge in [-0.1, -0.05) is 13.8 Å². The quantitative estimate of drug-likeness (QED) is 0.669. The maximum absolute atomic E-state index is 11.4. The Bertz CT molecular complexity index is 174. The number of ketones is 1. The summed E-state index contributed by atoms with van der Waals surface area (Å²) in [4.78, 5) is 13.7. The Morgan fingerprint density at radius 2 is 2.00 bits per heavy atom. The molecule has 3 heteroatoms. The van der Waals surface area contributed by atoms with Gasteiger partial charge in [0.25, 0.3) is 0 Å². The third-order valence-electron chi connectivity index (χ3n) is 2.45.